The van der Waals surface area contributed by atoms with Crippen molar-refractivity contribution in [1.82, 2.24) is 0 Å². The molecule has 146 valence electrons. The molecular weight excluding hydrogens is 334 g/mol. The van der Waals surface area contributed by atoms with Gasteiger partial charge in [0.1, 0.15) is 23.0 Å². The zero-order chi connectivity index (χ0) is 20.1. The van der Waals surface area contributed by atoms with Crippen molar-refractivity contribution in [2.24, 2.45) is 11.7 Å². The molecule has 2 atom stereocenters. The lowest BCUT2D eigenvalue weighted by atomic mass is 9.92. The minimum absolute atomic E-state index is 0.116. The van der Waals surface area contributed by atoms with Crippen molar-refractivity contribution < 1.29 is 24.2 Å². The molecule has 1 aromatic carbocycles. The number of phenolic OH excluding ortho intramolecular Hbond substituents is 1. The number of hydrogen-bond donors (Lipinski definition) is 2. The number of ether oxygens (including phenoxy) is 2. The van der Waals surface area contributed by atoms with Crippen LogP contribution < -0.4 is 5.73 Å². The molecule has 0 amide bonds. The average Bonchev–Trinajstić information content (AvgIpc) is 2.45. The molecule has 0 aliphatic carbocycles. The van der Waals surface area contributed by atoms with Crippen LogP contribution in [0.4, 0.5) is 0 Å². The van der Waals surface area contributed by atoms with E-state index >= 15 is 0 Å². The van der Waals surface area contributed by atoms with Crippen molar-refractivity contribution in [3.05, 3.63) is 29.8 Å². The van der Waals surface area contributed by atoms with E-state index in [9.17, 15) is 14.7 Å². The van der Waals surface area contributed by atoms with E-state index in [1.54, 1.807) is 65.8 Å². The van der Waals surface area contributed by atoms with E-state index in [-0.39, 0.29) is 12.2 Å². The molecule has 0 spiro atoms. The van der Waals surface area contributed by atoms with Crippen molar-refractivity contribution in [3.63, 3.8) is 0 Å². The molecule has 6 heteroatoms. The lowest BCUT2D eigenvalue weighted by Gasteiger charge is -2.26. The van der Waals surface area contributed by atoms with Crippen LogP contribution in [-0.2, 0) is 25.5 Å². The van der Waals surface area contributed by atoms with Crippen LogP contribution in [0.1, 0.15) is 53.5 Å². The summed E-state index contributed by atoms with van der Waals surface area (Å²) in [7, 11) is 0. The fourth-order valence-corrected chi connectivity index (χ4v) is 2.34. The Morgan fingerprint density at radius 2 is 1.42 bits per heavy atom. The number of nitrogens with two attached hydrogens (primary N) is 1. The van der Waals surface area contributed by atoms with Gasteiger partial charge in [-0.05, 0) is 72.1 Å². The summed E-state index contributed by atoms with van der Waals surface area (Å²) in [4.78, 5) is 24.8. The molecule has 1 unspecified atom stereocenters. The SMILES string of the molecule is CC(C)(C)OC(=O)C(Cc1ccc(O)cc1)C[C@H](N)C(=O)OC(C)(C)C. The largest absolute Gasteiger partial charge is 0.508 e. The normalized spacial score (nSPS) is 14.4. The summed E-state index contributed by atoms with van der Waals surface area (Å²) in [5, 5.41) is 9.41. The summed E-state index contributed by atoms with van der Waals surface area (Å²) in [6, 6.07) is 5.63. The highest BCUT2D eigenvalue weighted by molar-refractivity contribution is 5.78. The van der Waals surface area contributed by atoms with Gasteiger partial charge in [0.2, 0.25) is 0 Å². The predicted octanol–water partition coefficient (Wildman–Crippen LogP) is 2.95. The Balaban J connectivity index is 2.90. The van der Waals surface area contributed by atoms with Crippen molar-refractivity contribution in [3.8, 4) is 5.75 Å². The number of rotatable bonds is 6. The summed E-state index contributed by atoms with van der Waals surface area (Å²) in [5.41, 5.74) is 5.54. The Kier molecular flexibility index (Phi) is 7.21. The highest BCUT2D eigenvalue weighted by atomic mass is 16.6. The number of hydrogen-bond acceptors (Lipinski definition) is 6. The van der Waals surface area contributed by atoms with E-state index in [1.165, 1.54) is 0 Å². The van der Waals surface area contributed by atoms with Crippen LogP contribution >= 0.6 is 0 Å². The Bertz CT molecular complexity index is 611. The zero-order valence-corrected chi connectivity index (χ0v) is 16.5. The van der Waals surface area contributed by atoms with Gasteiger partial charge in [0.15, 0.2) is 0 Å². The molecule has 0 fully saturated rings. The Morgan fingerprint density at radius 1 is 0.962 bits per heavy atom. The van der Waals surface area contributed by atoms with Gasteiger partial charge in [-0.3, -0.25) is 9.59 Å². The maximum atomic E-state index is 12.6. The lowest BCUT2D eigenvalue weighted by Crippen LogP contribution is -2.41. The third-order valence-corrected chi connectivity index (χ3v) is 3.41. The molecule has 0 radical (unpaired) electrons. The van der Waals surface area contributed by atoms with Gasteiger partial charge in [-0.1, -0.05) is 12.1 Å². The molecule has 26 heavy (non-hydrogen) atoms. The summed E-state index contributed by atoms with van der Waals surface area (Å²) in [5.74, 6) is -1.41. The third-order valence-electron chi connectivity index (χ3n) is 3.41. The summed E-state index contributed by atoms with van der Waals surface area (Å²) < 4.78 is 10.8. The van der Waals surface area contributed by atoms with Crippen molar-refractivity contribution >= 4 is 11.9 Å². The van der Waals surface area contributed by atoms with Crippen LogP contribution in [0, 0.1) is 5.92 Å². The summed E-state index contributed by atoms with van der Waals surface area (Å²) >= 11 is 0. The molecule has 3 N–H and O–H groups in total. The molecule has 6 nitrogen and oxygen atoms in total. The Morgan fingerprint density at radius 3 is 1.88 bits per heavy atom. The van der Waals surface area contributed by atoms with Crippen molar-refractivity contribution in [2.45, 2.75) is 71.6 Å². The second-order valence-electron chi connectivity index (χ2n) is 8.48. The molecule has 0 saturated heterocycles. The summed E-state index contributed by atoms with van der Waals surface area (Å²) in [6.45, 7) is 10.7. The third kappa shape index (κ3) is 8.34. The first-order valence-electron chi connectivity index (χ1n) is 8.76. The molecule has 0 heterocycles. The van der Waals surface area contributed by atoms with Gasteiger partial charge in [0, 0.05) is 0 Å². The quantitative estimate of drug-likeness (QED) is 0.752. The van der Waals surface area contributed by atoms with Crippen LogP contribution in [0.15, 0.2) is 24.3 Å². The molecule has 0 aliphatic rings. The van der Waals surface area contributed by atoms with Gasteiger partial charge in [-0.15, -0.1) is 0 Å². The highest BCUT2D eigenvalue weighted by Crippen LogP contribution is 2.22. The van der Waals surface area contributed by atoms with Crippen LogP contribution in [-0.4, -0.2) is 34.3 Å². The van der Waals surface area contributed by atoms with Crippen LogP contribution in [0.5, 0.6) is 5.75 Å². The fraction of sp³-hybridized carbons (Fsp3) is 0.600. The topological polar surface area (TPSA) is 98.9 Å². The van der Waals surface area contributed by atoms with E-state index in [1.807, 2.05) is 0 Å². The number of carbonyl (C=O) groups excluding carboxylic acids is 2. The molecule has 1 rings (SSSR count). The fourth-order valence-electron chi connectivity index (χ4n) is 2.34. The van der Waals surface area contributed by atoms with Crippen LogP contribution in [0.25, 0.3) is 0 Å². The van der Waals surface area contributed by atoms with E-state index in [0.717, 1.165) is 5.56 Å². The second-order valence-corrected chi connectivity index (χ2v) is 8.48. The average molecular weight is 365 g/mol. The predicted molar refractivity (Wildman–Crippen MR) is 99.6 cm³/mol. The first kappa shape index (κ1) is 22.0. The van der Waals surface area contributed by atoms with Gasteiger partial charge >= 0.3 is 11.9 Å². The monoisotopic (exact) mass is 365 g/mol. The van der Waals surface area contributed by atoms with E-state index in [4.69, 9.17) is 15.2 Å². The lowest BCUT2D eigenvalue weighted by molar-refractivity contribution is -0.162. The van der Waals surface area contributed by atoms with Crippen molar-refractivity contribution in [1.29, 1.82) is 0 Å². The van der Waals surface area contributed by atoms with Gasteiger partial charge in [0.05, 0.1) is 5.92 Å². The number of aromatic hydroxyl groups is 1. The minimum Gasteiger partial charge on any atom is -0.508 e. The van der Waals surface area contributed by atoms with Gasteiger partial charge in [-0.2, -0.15) is 0 Å². The van der Waals surface area contributed by atoms with Crippen molar-refractivity contribution in [2.75, 3.05) is 0 Å². The first-order chi connectivity index (χ1) is 11.8. The molecule has 1 aromatic rings. The molecule has 0 aliphatic heterocycles. The second kappa shape index (κ2) is 8.54. The number of phenols is 1. The molecule has 0 bridgehead atoms. The van der Waals surface area contributed by atoms with E-state index < -0.39 is 35.1 Å². The maximum Gasteiger partial charge on any atom is 0.323 e. The van der Waals surface area contributed by atoms with Crippen LogP contribution in [0.3, 0.4) is 0 Å². The van der Waals surface area contributed by atoms with Crippen LogP contribution in [0.2, 0.25) is 0 Å². The molecular formula is C20H31NO5. The van der Waals surface area contributed by atoms with E-state index in [0.29, 0.717) is 6.42 Å². The molecule has 0 aromatic heterocycles. The Labute approximate surface area is 155 Å². The summed E-state index contributed by atoms with van der Waals surface area (Å²) in [6.07, 6.45) is 0.469. The highest BCUT2D eigenvalue weighted by Gasteiger charge is 2.31. The number of benzene rings is 1. The standard InChI is InChI=1S/C20H31NO5/c1-19(2,3)25-17(23)14(11-13-7-9-15(22)10-8-13)12-16(21)18(24)26-20(4,5)6/h7-10,14,16,22H,11-12,21H2,1-6H3/t14?,16-/m0/s1. The number of carbonyl (C=O) groups is 2. The van der Waals surface area contributed by atoms with Gasteiger partial charge in [0.25, 0.3) is 0 Å². The smallest absolute Gasteiger partial charge is 0.323 e. The zero-order valence-electron chi connectivity index (χ0n) is 16.5. The Hall–Kier alpha value is -2.08. The van der Waals surface area contributed by atoms with Gasteiger partial charge in [-0.25, -0.2) is 0 Å². The van der Waals surface area contributed by atoms with E-state index in [2.05, 4.69) is 0 Å². The first-order valence-corrected chi connectivity index (χ1v) is 8.76. The number of esters is 2. The minimum atomic E-state index is -0.927. The maximum absolute atomic E-state index is 12.6. The molecule has 0 saturated carbocycles. The van der Waals surface area contributed by atoms with Gasteiger partial charge < -0.3 is 20.3 Å².